The quantitative estimate of drug-likeness (QED) is 0.663. The highest BCUT2D eigenvalue weighted by molar-refractivity contribution is 7.91. The Labute approximate surface area is 192 Å². The zero-order valence-corrected chi connectivity index (χ0v) is 19.6. The van der Waals surface area contributed by atoms with Crippen molar-refractivity contribution in [1.82, 2.24) is 10.2 Å². The Morgan fingerprint density at radius 3 is 2.73 bits per heavy atom. The standard InChI is InChI=1S/C24H28F2N2O4S/c1-15-9-16(3-4-22(15)26)21-12-18(25)10-17-11-20(32-24(17)21)13-27-23(29)5-7-28(2)19-6-8-33(30,31)14-19/h3-4,9-10,12,19-20H,5-8,11,13-14H2,1-2H3,(H,27,29)/t19-,20+/m0/s1. The molecule has 1 N–H and O–H groups in total. The number of hydrogen-bond donors (Lipinski definition) is 1. The van der Waals surface area contributed by atoms with E-state index in [0.717, 1.165) is 0 Å². The summed E-state index contributed by atoms with van der Waals surface area (Å²) in [5, 5.41) is 2.86. The molecule has 6 nitrogen and oxygen atoms in total. The van der Waals surface area contributed by atoms with Crippen molar-refractivity contribution in [1.29, 1.82) is 0 Å². The molecule has 0 radical (unpaired) electrons. The van der Waals surface area contributed by atoms with Crippen LogP contribution in [-0.2, 0) is 21.1 Å². The molecule has 0 aliphatic carbocycles. The van der Waals surface area contributed by atoms with Crippen LogP contribution in [0.25, 0.3) is 11.1 Å². The Morgan fingerprint density at radius 1 is 1.24 bits per heavy atom. The van der Waals surface area contributed by atoms with Crippen LogP contribution in [0.1, 0.15) is 24.0 Å². The molecule has 0 aromatic heterocycles. The lowest BCUT2D eigenvalue weighted by atomic mass is 9.99. The molecule has 0 bridgehead atoms. The van der Waals surface area contributed by atoms with Gasteiger partial charge in [0.2, 0.25) is 5.91 Å². The molecule has 178 valence electrons. The van der Waals surface area contributed by atoms with Gasteiger partial charge >= 0.3 is 0 Å². The van der Waals surface area contributed by atoms with Gasteiger partial charge < -0.3 is 15.0 Å². The summed E-state index contributed by atoms with van der Waals surface area (Å²) in [6.07, 6.45) is 0.979. The topological polar surface area (TPSA) is 75.7 Å². The smallest absolute Gasteiger partial charge is 0.221 e. The molecule has 0 saturated carbocycles. The minimum atomic E-state index is -2.96. The van der Waals surface area contributed by atoms with Gasteiger partial charge in [0.15, 0.2) is 9.84 Å². The maximum atomic E-state index is 14.2. The van der Waals surface area contributed by atoms with Gasteiger partial charge in [0.1, 0.15) is 23.5 Å². The highest BCUT2D eigenvalue weighted by Crippen LogP contribution is 2.40. The van der Waals surface area contributed by atoms with Gasteiger partial charge in [-0.3, -0.25) is 4.79 Å². The maximum absolute atomic E-state index is 14.2. The number of rotatable bonds is 7. The highest BCUT2D eigenvalue weighted by atomic mass is 32.2. The van der Waals surface area contributed by atoms with E-state index in [1.807, 2.05) is 11.9 Å². The number of halogens is 2. The van der Waals surface area contributed by atoms with Gasteiger partial charge in [0, 0.05) is 36.6 Å². The third-order valence-corrected chi connectivity index (χ3v) is 8.13. The predicted molar refractivity (Wildman–Crippen MR) is 122 cm³/mol. The molecule has 2 heterocycles. The van der Waals surface area contributed by atoms with E-state index in [9.17, 15) is 22.0 Å². The van der Waals surface area contributed by atoms with E-state index in [-0.39, 0.29) is 48.3 Å². The summed E-state index contributed by atoms with van der Waals surface area (Å²) in [7, 11) is -1.13. The highest BCUT2D eigenvalue weighted by Gasteiger charge is 2.31. The van der Waals surface area contributed by atoms with Crippen molar-refractivity contribution in [3.63, 3.8) is 0 Å². The minimum Gasteiger partial charge on any atom is -0.487 e. The van der Waals surface area contributed by atoms with Gasteiger partial charge in [0.05, 0.1) is 18.1 Å². The predicted octanol–water partition coefficient (Wildman–Crippen LogP) is 2.87. The molecule has 0 spiro atoms. The molecule has 0 unspecified atom stereocenters. The SMILES string of the molecule is Cc1cc(-c2cc(F)cc3c2O[C@@H](CNC(=O)CCN(C)[C@H]2CCS(=O)(=O)C2)C3)ccc1F. The molecule has 33 heavy (non-hydrogen) atoms. The Kier molecular flexibility index (Phi) is 6.72. The van der Waals surface area contributed by atoms with Crippen LogP contribution in [0, 0.1) is 18.6 Å². The fourth-order valence-electron chi connectivity index (χ4n) is 4.43. The second-order valence-corrected chi connectivity index (χ2v) is 11.2. The second-order valence-electron chi connectivity index (χ2n) is 8.94. The van der Waals surface area contributed by atoms with E-state index in [2.05, 4.69) is 5.32 Å². The molecule has 1 saturated heterocycles. The van der Waals surface area contributed by atoms with Gasteiger partial charge in [0.25, 0.3) is 0 Å². The Bertz CT molecular complexity index is 1170. The molecule has 2 aliphatic heterocycles. The van der Waals surface area contributed by atoms with Gasteiger partial charge in [-0.25, -0.2) is 17.2 Å². The fraction of sp³-hybridized carbons (Fsp3) is 0.458. The number of aryl methyl sites for hydroxylation is 1. The molecule has 2 atom stereocenters. The number of nitrogens with zero attached hydrogens (tertiary/aromatic N) is 1. The first kappa shape index (κ1) is 23.6. The lowest BCUT2D eigenvalue weighted by molar-refractivity contribution is -0.121. The molecule has 9 heteroatoms. The van der Waals surface area contributed by atoms with Crippen LogP contribution in [0.5, 0.6) is 5.75 Å². The first-order valence-electron chi connectivity index (χ1n) is 11.0. The van der Waals surface area contributed by atoms with Crippen LogP contribution in [0.2, 0.25) is 0 Å². The van der Waals surface area contributed by atoms with Crippen LogP contribution in [0.4, 0.5) is 8.78 Å². The summed E-state index contributed by atoms with van der Waals surface area (Å²) < 4.78 is 57.2. The Hall–Kier alpha value is -2.52. The van der Waals surface area contributed by atoms with Crippen LogP contribution >= 0.6 is 0 Å². The summed E-state index contributed by atoms with van der Waals surface area (Å²) in [5.74, 6) is 0.0377. The molecular weight excluding hydrogens is 450 g/mol. The molecule has 2 aromatic carbocycles. The largest absolute Gasteiger partial charge is 0.487 e. The van der Waals surface area contributed by atoms with Crippen molar-refractivity contribution in [2.45, 2.75) is 38.3 Å². The van der Waals surface area contributed by atoms with E-state index in [4.69, 9.17) is 4.74 Å². The molecule has 1 amide bonds. The van der Waals surface area contributed by atoms with E-state index >= 15 is 0 Å². The lowest BCUT2D eigenvalue weighted by Gasteiger charge is -2.22. The molecule has 1 fully saturated rings. The summed E-state index contributed by atoms with van der Waals surface area (Å²) in [4.78, 5) is 14.2. The van der Waals surface area contributed by atoms with Gasteiger partial charge in [-0.05, 0) is 55.8 Å². The number of benzene rings is 2. The number of hydrogen-bond acceptors (Lipinski definition) is 5. The number of fused-ring (bicyclic) bond motifs is 1. The summed E-state index contributed by atoms with van der Waals surface area (Å²) in [6, 6.07) is 7.38. The van der Waals surface area contributed by atoms with E-state index in [1.165, 1.54) is 18.2 Å². The van der Waals surface area contributed by atoms with E-state index < -0.39 is 15.7 Å². The Balaban J connectivity index is 1.33. The van der Waals surface area contributed by atoms with Crippen LogP contribution < -0.4 is 10.1 Å². The van der Waals surface area contributed by atoms with Crippen molar-refractivity contribution in [3.05, 3.63) is 53.1 Å². The van der Waals surface area contributed by atoms with Crippen LogP contribution in [0.3, 0.4) is 0 Å². The van der Waals surface area contributed by atoms with Crippen molar-refractivity contribution in [3.8, 4) is 16.9 Å². The molecule has 2 aliphatic rings. The first-order chi connectivity index (χ1) is 15.6. The Morgan fingerprint density at radius 2 is 2.03 bits per heavy atom. The van der Waals surface area contributed by atoms with Crippen molar-refractivity contribution < 1.29 is 26.7 Å². The second kappa shape index (κ2) is 9.38. The third kappa shape index (κ3) is 5.52. The number of carbonyl (C=O) groups excluding carboxylic acids is 1. The number of carbonyl (C=O) groups is 1. The number of sulfone groups is 1. The summed E-state index contributed by atoms with van der Waals surface area (Å²) in [6.45, 7) is 2.40. The van der Waals surface area contributed by atoms with Crippen LogP contribution in [0.15, 0.2) is 30.3 Å². The van der Waals surface area contributed by atoms with Crippen molar-refractivity contribution >= 4 is 15.7 Å². The number of amides is 1. The average molecular weight is 479 g/mol. The average Bonchev–Trinajstić information content (AvgIpc) is 3.34. The van der Waals surface area contributed by atoms with Crippen LogP contribution in [-0.4, -0.2) is 63.0 Å². The van der Waals surface area contributed by atoms with Gasteiger partial charge in [-0.15, -0.1) is 0 Å². The maximum Gasteiger partial charge on any atom is 0.221 e. The van der Waals surface area contributed by atoms with Gasteiger partial charge in [-0.1, -0.05) is 6.07 Å². The minimum absolute atomic E-state index is 0.0427. The van der Waals surface area contributed by atoms with Gasteiger partial charge in [-0.2, -0.15) is 0 Å². The lowest BCUT2D eigenvalue weighted by Crippen LogP contribution is -2.38. The zero-order valence-electron chi connectivity index (χ0n) is 18.7. The van der Waals surface area contributed by atoms with E-state index in [0.29, 0.717) is 47.4 Å². The number of ether oxygens (including phenoxy) is 1. The third-order valence-electron chi connectivity index (χ3n) is 6.38. The van der Waals surface area contributed by atoms with Crippen molar-refractivity contribution in [2.24, 2.45) is 0 Å². The first-order valence-corrected chi connectivity index (χ1v) is 12.9. The summed E-state index contributed by atoms with van der Waals surface area (Å²) >= 11 is 0. The number of nitrogens with one attached hydrogen (secondary N) is 1. The fourth-order valence-corrected chi connectivity index (χ4v) is 6.24. The summed E-state index contributed by atoms with van der Waals surface area (Å²) in [5.41, 5.74) is 2.42. The monoisotopic (exact) mass is 478 g/mol. The normalized spacial score (nSPS) is 21.1. The molecular formula is C24H28F2N2O4S. The van der Waals surface area contributed by atoms with Crippen molar-refractivity contribution in [2.75, 3.05) is 31.6 Å². The van der Waals surface area contributed by atoms with E-state index in [1.54, 1.807) is 19.1 Å². The molecule has 4 rings (SSSR count). The molecule has 2 aromatic rings. The zero-order chi connectivity index (χ0) is 23.8.